The second kappa shape index (κ2) is 6.20. The second-order valence-electron chi connectivity index (χ2n) is 3.26. The molecule has 0 aliphatic carbocycles. The standard InChI is InChI=1S/C9H21N2O2P/c1-6-13-9(12)8(3)11-14(5,7-2)10-4/h8,11H,6-7H2,1-5H3. The third-order valence-electron chi connectivity index (χ3n) is 2.17. The molecule has 0 heterocycles. The van der Waals surface area contributed by atoms with Gasteiger partial charge in [-0.25, -0.2) is 0 Å². The zero-order valence-electron chi connectivity index (χ0n) is 9.70. The van der Waals surface area contributed by atoms with Crippen LogP contribution in [0, 0.1) is 0 Å². The van der Waals surface area contributed by atoms with Crippen LogP contribution in [-0.2, 0) is 9.53 Å². The van der Waals surface area contributed by atoms with E-state index in [1.54, 1.807) is 7.05 Å². The molecule has 0 aromatic rings. The molecule has 0 amide bonds. The zero-order chi connectivity index (χ0) is 11.2. The van der Waals surface area contributed by atoms with Gasteiger partial charge in [-0.05, 0) is 26.7 Å². The molecule has 2 atom stereocenters. The van der Waals surface area contributed by atoms with Gasteiger partial charge in [0.2, 0.25) is 0 Å². The molecule has 84 valence electrons. The molecule has 0 aromatic carbocycles. The van der Waals surface area contributed by atoms with Gasteiger partial charge in [0.1, 0.15) is 6.04 Å². The monoisotopic (exact) mass is 220 g/mol. The summed E-state index contributed by atoms with van der Waals surface area (Å²) in [6.45, 7) is 8.20. The van der Waals surface area contributed by atoms with E-state index in [1.807, 2.05) is 13.8 Å². The Morgan fingerprint density at radius 3 is 2.50 bits per heavy atom. The smallest absolute Gasteiger partial charge is 0.323 e. The lowest BCUT2D eigenvalue weighted by molar-refractivity contribution is -0.144. The maximum Gasteiger partial charge on any atom is 0.323 e. The minimum atomic E-state index is -1.49. The summed E-state index contributed by atoms with van der Waals surface area (Å²) in [7, 11) is 0.303. The van der Waals surface area contributed by atoms with Crippen molar-refractivity contribution in [2.24, 2.45) is 4.74 Å². The molecular weight excluding hydrogens is 199 g/mol. The van der Waals surface area contributed by atoms with Crippen LogP contribution >= 0.6 is 7.21 Å². The van der Waals surface area contributed by atoms with Crippen molar-refractivity contribution in [1.82, 2.24) is 5.09 Å². The van der Waals surface area contributed by atoms with Crippen LogP contribution in [0.1, 0.15) is 20.8 Å². The summed E-state index contributed by atoms with van der Waals surface area (Å²) >= 11 is 0. The Morgan fingerprint density at radius 1 is 1.57 bits per heavy atom. The predicted octanol–water partition coefficient (Wildman–Crippen LogP) is 1.92. The fraction of sp³-hybridized carbons (Fsp3) is 0.889. The number of rotatable bonds is 5. The SMILES string of the molecule is CCOC(=O)C(C)NP(C)(CC)=NC. The lowest BCUT2D eigenvalue weighted by Gasteiger charge is -2.22. The topological polar surface area (TPSA) is 50.7 Å². The van der Waals surface area contributed by atoms with Gasteiger partial charge in [0.25, 0.3) is 0 Å². The van der Waals surface area contributed by atoms with Gasteiger partial charge in [-0.2, -0.15) is 0 Å². The number of carbonyl (C=O) groups excluding carboxylic acids is 1. The molecule has 0 aliphatic rings. The second-order valence-corrected chi connectivity index (χ2v) is 6.83. The fourth-order valence-electron chi connectivity index (χ4n) is 1.03. The van der Waals surface area contributed by atoms with Crippen LogP contribution in [0.2, 0.25) is 0 Å². The minimum absolute atomic E-state index is 0.198. The molecule has 0 bridgehead atoms. The first-order valence-corrected chi connectivity index (χ1v) is 7.27. The fourth-order valence-corrected chi connectivity index (χ4v) is 2.55. The van der Waals surface area contributed by atoms with Crippen molar-refractivity contribution in [2.45, 2.75) is 26.8 Å². The molecule has 0 rings (SSSR count). The first-order valence-electron chi connectivity index (χ1n) is 4.90. The number of carbonyl (C=O) groups is 1. The first-order chi connectivity index (χ1) is 6.49. The highest BCUT2D eigenvalue weighted by molar-refractivity contribution is 7.63. The first kappa shape index (κ1) is 13.7. The van der Waals surface area contributed by atoms with Gasteiger partial charge in [0, 0.05) is 14.3 Å². The normalized spacial score (nSPS) is 16.9. The van der Waals surface area contributed by atoms with E-state index in [-0.39, 0.29) is 12.0 Å². The van der Waals surface area contributed by atoms with Crippen molar-refractivity contribution < 1.29 is 9.53 Å². The highest BCUT2D eigenvalue weighted by atomic mass is 31.2. The number of nitrogens with one attached hydrogen (secondary N) is 1. The Morgan fingerprint density at radius 2 is 2.14 bits per heavy atom. The van der Waals surface area contributed by atoms with E-state index in [9.17, 15) is 4.79 Å². The molecule has 2 unspecified atom stereocenters. The third-order valence-corrected chi connectivity index (χ3v) is 5.23. The zero-order valence-corrected chi connectivity index (χ0v) is 10.6. The Bertz CT molecular complexity index is 241. The van der Waals surface area contributed by atoms with Crippen LogP contribution in [-0.4, -0.2) is 38.5 Å². The van der Waals surface area contributed by atoms with Crippen molar-refractivity contribution in [1.29, 1.82) is 0 Å². The van der Waals surface area contributed by atoms with Gasteiger partial charge in [0.15, 0.2) is 0 Å². The van der Waals surface area contributed by atoms with Gasteiger partial charge >= 0.3 is 5.97 Å². The van der Waals surface area contributed by atoms with Crippen molar-refractivity contribution in [3.63, 3.8) is 0 Å². The van der Waals surface area contributed by atoms with Crippen LogP contribution in [0.3, 0.4) is 0 Å². The molecule has 0 radical (unpaired) electrons. The molecule has 0 saturated heterocycles. The number of esters is 1. The average Bonchev–Trinajstić information content (AvgIpc) is 2.18. The van der Waals surface area contributed by atoms with Crippen LogP contribution in [0.5, 0.6) is 0 Å². The highest BCUT2D eigenvalue weighted by Gasteiger charge is 2.19. The summed E-state index contributed by atoms with van der Waals surface area (Å²) in [5, 5.41) is 3.25. The van der Waals surface area contributed by atoms with Crippen LogP contribution in [0.4, 0.5) is 0 Å². The van der Waals surface area contributed by atoms with Gasteiger partial charge in [-0.3, -0.25) is 14.6 Å². The molecule has 0 saturated carbocycles. The van der Waals surface area contributed by atoms with E-state index in [4.69, 9.17) is 4.74 Å². The average molecular weight is 220 g/mol. The van der Waals surface area contributed by atoms with Gasteiger partial charge < -0.3 is 4.74 Å². The van der Waals surface area contributed by atoms with Gasteiger partial charge in [0.05, 0.1) is 6.61 Å². The van der Waals surface area contributed by atoms with E-state index >= 15 is 0 Å². The number of hydrogen-bond acceptors (Lipinski definition) is 3. The Hall–Kier alpha value is -0.340. The largest absolute Gasteiger partial charge is 0.465 e. The Balaban J connectivity index is 4.31. The molecule has 0 spiro atoms. The summed E-state index contributed by atoms with van der Waals surface area (Å²) in [5.74, 6) is -0.198. The number of nitrogens with zero attached hydrogens (tertiary/aromatic N) is 1. The van der Waals surface area contributed by atoms with Crippen molar-refractivity contribution in [3.8, 4) is 0 Å². The molecule has 4 nitrogen and oxygen atoms in total. The molecule has 0 aromatic heterocycles. The maximum absolute atomic E-state index is 11.3. The molecule has 0 fully saturated rings. The Labute approximate surface area is 86.5 Å². The molecule has 5 heteroatoms. The Kier molecular flexibility index (Phi) is 6.05. The molecule has 14 heavy (non-hydrogen) atoms. The molecule has 1 N–H and O–H groups in total. The maximum atomic E-state index is 11.3. The van der Waals surface area contributed by atoms with Crippen molar-refractivity contribution >= 4 is 13.2 Å². The van der Waals surface area contributed by atoms with Gasteiger partial charge in [-0.1, -0.05) is 6.92 Å². The summed E-state index contributed by atoms with van der Waals surface area (Å²) in [4.78, 5) is 11.3. The summed E-state index contributed by atoms with van der Waals surface area (Å²) in [6.07, 6.45) is 0.952. The van der Waals surface area contributed by atoms with Crippen LogP contribution < -0.4 is 5.09 Å². The van der Waals surface area contributed by atoms with E-state index in [0.717, 1.165) is 6.16 Å². The van der Waals surface area contributed by atoms with Crippen LogP contribution in [0.25, 0.3) is 0 Å². The van der Waals surface area contributed by atoms with Crippen molar-refractivity contribution in [2.75, 3.05) is 26.5 Å². The third kappa shape index (κ3) is 4.25. The van der Waals surface area contributed by atoms with E-state index in [0.29, 0.717) is 6.61 Å². The van der Waals surface area contributed by atoms with E-state index < -0.39 is 7.21 Å². The predicted molar refractivity (Wildman–Crippen MR) is 61.0 cm³/mol. The van der Waals surface area contributed by atoms with E-state index in [1.165, 1.54) is 0 Å². The number of ether oxygens (including phenoxy) is 1. The van der Waals surface area contributed by atoms with E-state index in [2.05, 4.69) is 23.4 Å². The highest BCUT2D eigenvalue weighted by Crippen LogP contribution is 2.39. The van der Waals surface area contributed by atoms with Crippen LogP contribution in [0.15, 0.2) is 4.74 Å². The lowest BCUT2D eigenvalue weighted by Crippen LogP contribution is -2.33. The number of hydrogen-bond donors (Lipinski definition) is 1. The lowest BCUT2D eigenvalue weighted by atomic mass is 10.4. The minimum Gasteiger partial charge on any atom is -0.465 e. The molecule has 0 aliphatic heterocycles. The molecular formula is C9H21N2O2P. The summed E-state index contributed by atoms with van der Waals surface area (Å²) < 4.78 is 9.23. The van der Waals surface area contributed by atoms with Crippen molar-refractivity contribution in [3.05, 3.63) is 0 Å². The van der Waals surface area contributed by atoms with Gasteiger partial charge in [-0.15, -0.1) is 0 Å². The summed E-state index contributed by atoms with van der Waals surface area (Å²) in [5.41, 5.74) is 0. The summed E-state index contributed by atoms with van der Waals surface area (Å²) in [6, 6.07) is -0.267. The quantitative estimate of drug-likeness (QED) is 0.569.